The molecule has 1 saturated carbocycles. The molecule has 1 fully saturated rings. The number of hydrogen-bond donors (Lipinski definition) is 0. The summed E-state index contributed by atoms with van der Waals surface area (Å²) in [5.41, 5.74) is 0. The number of hydrogen-bond acceptors (Lipinski definition) is 1. The van der Waals surface area contributed by atoms with Gasteiger partial charge in [0.25, 0.3) is 0 Å². The molecule has 90 valence electrons. The number of halogens is 3. The van der Waals surface area contributed by atoms with Gasteiger partial charge in [0, 0.05) is 4.88 Å². The second-order valence-corrected chi connectivity index (χ2v) is 7.70. The smallest absolute Gasteiger partial charge is 0.0887 e. The molecular formula is C12H15BrCl2S. The fourth-order valence-corrected chi connectivity index (χ4v) is 4.60. The molecule has 0 saturated heterocycles. The molecule has 1 heterocycles. The van der Waals surface area contributed by atoms with Crippen molar-refractivity contribution in [2.45, 2.75) is 43.9 Å². The Balaban J connectivity index is 2.07. The first-order valence-electron chi connectivity index (χ1n) is 5.77. The third-order valence-corrected chi connectivity index (χ3v) is 6.53. The Morgan fingerprint density at radius 2 is 1.88 bits per heavy atom. The molecule has 0 aliphatic heterocycles. The minimum atomic E-state index is 0.145. The van der Waals surface area contributed by atoms with Gasteiger partial charge in [-0.15, -0.1) is 22.9 Å². The van der Waals surface area contributed by atoms with Crippen LogP contribution in [0.3, 0.4) is 0 Å². The summed E-state index contributed by atoms with van der Waals surface area (Å²) in [6, 6.07) is 2.01. The quantitative estimate of drug-likeness (QED) is 0.430. The molecule has 0 aromatic carbocycles. The highest BCUT2D eigenvalue weighted by Crippen LogP contribution is 2.44. The highest BCUT2D eigenvalue weighted by Gasteiger charge is 2.24. The lowest BCUT2D eigenvalue weighted by Gasteiger charge is -2.19. The number of alkyl halides is 1. The van der Waals surface area contributed by atoms with Crippen molar-refractivity contribution in [1.29, 1.82) is 0 Å². The Morgan fingerprint density at radius 1 is 1.25 bits per heavy atom. The molecule has 16 heavy (non-hydrogen) atoms. The molecule has 1 aromatic rings. The van der Waals surface area contributed by atoms with Crippen molar-refractivity contribution in [2.75, 3.05) is 0 Å². The Morgan fingerprint density at radius 3 is 2.38 bits per heavy atom. The monoisotopic (exact) mass is 340 g/mol. The van der Waals surface area contributed by atoms with Crippen LogP contribution < -0.4 is 0 Å². The molecular weight excluding hydrogens is 327 g/mol. The Labute approximate surface area is 119 Å². The molecule has 0 radical (unpaired) electrons. The van der Waals surface area contributed by atoms with Crippen LogP contribution in [0, 0.1) is 5.92 Å². The van der Waals surface area contributed by atoms with Gasteiger partial charge >= 0.3 is 0 Å². The topological polar surface area (TPSA) is 0 Å². The van der Waals surface area contributed by atoms with E-state index < -0.39 is 0 Å². The standard InChI is InChI=1S/C12H15BrCl2S/c13-12-9(14)7-10(16-12)11(15)8-5-3-1-2-4-6-8/h7-8,11H,1-6H2. The summed E-state index contributed by atoms with van der Waals surface area (Å²) in [5, 5.41) is 0.936. The van der Waals surface area contributed by atoms with E-state index in [1.165, 1.54) is 43.4 Å². The van der Waals surface area contributed by atoms with Crippen LogP contribution in [-0.4, -0.2) is 0 Å². The largest absolute Gasteiger partial charge is 0.130 e. The van der Waals surface area contributed by atoms with E-state index >= 15 is 0 Å². The summed E-state index contributed by atoms with van der Waals surface area (Å²) in [7, 11) is 0. The molecule has 2 rings (SSSR count). The minimum absolute atomic E-state index is 0.145. The van der Waals surface area contributed by atoms with Crippen LogP contribution in [0.15, 0.2) is 9.85 Å². The molecule has 1 aliphatic carbocycles. The van der Waals surface area contributed by atoms with Crippen molar-refractivity contribution < 1.29 is 0 Å². The van der Waals surface area contributed by atoms with Crippen LogP contribution in [-0.2, 0) is 0 Å². The molecule has 1 unspecified atom stereocenters. The summed E-state index contributed by atoms with van der Waals surface area (Å²) in [6.45, 7) is 0. The van der Waals surface area contributed by atoms with Gasteiger partial charge in [-0.1, -0.05) is 37.3 Å². The van der Waals surface area contributed by atoms with E-state index in [2.05, 4.69) is 15.9 Å². The Hall–Kier alpha value is 0.760. The molecule has 0 amide bonds. The van der Waals surface area contributed by atoms with Crippen LogP contribution >= 0.6 is 50.5 Å². The third-order valence-electron chi connectivity index (χ3n) is 3.25. The van der Waals surface area contributed by atoms with Gasteiger partial charge in [-0.2, -0.15) is 0 Å². The number of rotatable bonds is 2. The zero-order chi connectivity index (χ0) is 11.5. The lowest BCUT2D eigenvalue weighted by molar-refractivity contribution is 0.448. The van der Waals surface area contributed by atoms with Crippen LogP contribution in [0.5, 0.6) is 0 Å². The summed E-state index contributed by atoms with van der Waals surface area (Å²) < 4.78 is 1.00. The maximum Gasteiger partial charge on any atom is 0.0887 e. The maximum absolute atomic E-state index is 6.57. The maximum atomic E-state index is 6.57. The van der Waals surface area contributed by atoms with E-state index in [1.807, 2.05) is 6.07 Å². The lowest BCUT2D eigenvalue weighted by atomic mass is 9.95. The molecule has 0 N–H and O–H groups in total. The fraction of sp³-hybridized carbons (Fsp3) is 0.667. The van der Waals surface area contributed by atoms with Gasteiger partial charge in [0.15, 0.2) is 0 Å². The molecule has 1 aromatic heterocycles. The van der Waals surface area contributed by atoms with Crippen molar-refractivity contribution >= 4 is 50.5 Å². The lowest BCUT2D eigenvalue weighted by Crippen LogP contribution is -2.05. The summed E-state index contributed by atoms with van der Waals surface area (Å²) in [6.07, 6.45) is 7.93. The Bertz CT molecular complexity index is 323. The SMILES string of the molecule is Clc1cc(C(Cl)C2CCCCCC2)sc1Br. The highest BCUT2D eigenvalue weighted by atomic mass is 79.9. The van der Waals surface area contributed by atoms with Gasteiger partial charge in [-0.3, -0.25) is 0 Å². The van der Waals surface area contributed by atoms with E-state index in [-0.39, 0.29) is 5.38 Å². The van der Waals surface area contributed by atoms with Crippen LogP contribution in [0.25, 0.3) is 0 Å². The molecule has 1 atom stereocenters. The van der Waals surface area contributed by atoms with Crippen LogP contribution in [0.1, 0.15) is 48.8 Å². The summed E-state index contributed by atoms with van der Waals surface area (Å²) in [4.78, 5) is 1.21. The van der Waals surface area contributed by atoms with Gasteiger partial charge in [-0.25, -0.2) is 0 Å². The Kier molecular flexibility index (Phi) is 5.02. The molecule has 0 bridgehead atoms. The van der Waals surface area contributed by atoms with Crippen molar-refractivity contribution in [3.8, 4) is 0 Å². The van der Waals surface area contributed by atoms with Crippen LogP contribution in [0.2, 0.25) is 5.02 Å². The zero-order valence-electron chi connectivity index (χ0n) is 9.02. The second kappa shape index (κ2) is 6.08. The molecule has 0 spiro atoms. The van der Waals surface area contributed by atoms with E-state index in [0.29, 0.717) is 5.92 Å². The van der Waals surface area contributed by atoms with E-state index in [1.54, 1.807) is 11.3 Å². The predicted molar refractivity (Wildman–Crippen MR) is 76.8 cm³/mol. The van der Waals surface area contributed by atoms with Gasteiger partial charge in [0.2, 0.25) is 0 Å². The molecule has 0 nitrogen and oxygen atoms in total. The van der Waals surface area contributed by atoms with Crippen molar-refractivity contribution in [3.63, 3.8) is 0 Å². The zero-order valence-corrected chi connectivity index (χ0v) is 12.9. The molecule has 4 heteroatoms. The second-order valence-electron chi connectivity index (χ2n) is 4.42. The van der Waals surface area contributed by atoms with E-state index in [4.69, 9.17) is 23.2 Å². The number of thiophene rings is 1. The van der Waals surface area contributed by atoms with E-state index in [0.717, 1.165) is 8.81 Å². The predicted octanol–water partition coefficient (Wildman–Crippen LogP) is 6.41. The first kappa shape index (κ1) is 13.2. The first-order valence-corrected chi connectivity index (χ1v) is 8.19. The van der Waals surface area contributed by atoms with Crippen molar-refractivity contribution in [3.05, 3.63) is 19.8 Å². The van der Waals surface area contributed by atoms with Crippen molar-refractivity contribution in [2.24, 2.45) is 5.92 Å². The fourth-order valence-electron chi connectivity index (χ4n) is 2.34. The first-order chi connectivity index (χ1) is 7.68. The third kappa shape index (κ3) is 3.16. The molecule has 1 aliphatic rings. The average Bonchev–Trinajstić information content (AvgIpc) is 2.51. The van der Waals surface area contributed by atoms with Crippen LogP contribution in [0.4, 0.5) is 0 Å². The van der Waals surface area contributed by atoms with Gasteiger partial charge < -0.3 is 0 Å². The highest BCUT2D eigenvalue weighted by molar-refractivity contribution is 9.11. The van der Waals surface area contributed by atoms with E-state index in [9.17, 15) is 0 Å². The van der Waals surface area contributed by atoms with Gasteiger partial charge in [0.05, 0.1) is 14.2 Å². The van der Waals surface area contributed by atoms with Crippen molar-refractivity contribution in [1.82, 2.24) is 0 Å². The summed E-state index contributed by atoms with van der Waals surface area (Å²) >= 11 is 17.8. The average molecular weight is 342 g/mol. The normalized spacial score (nSPS) is 20.7. The van der Waals surface area contributed by atoms with Gasteiger partial charge in [-0.05, 0) is 40.8 Å². The van der Waals surface area contributed by atoms with Gasteiger partial charge in [0.1, 0.15) is 0 Å². The minimum Gasteiger partial charge on any atom is -0.130 e. The summed E-state index contributed by atoms with van der Waals surface area (Å²) in [5.74, 6) is 0.630.